The standard InChI is InChI=1S/C48H74N6O10S2/c1-5-7-11-21-42(55)50-40(46(59)53-38(29-34(3)4)45(58)52-37(44(49)57)30-35-17-13-9-14-18-35)32-65-27-25-63-23-24-64-26-28-66-33-41(51-43(56)22-12-8-6-2)47(60)54-39(48(61)62)31-36-19-15-10-16-20-36/h9-10,13-20,34,37-41H,5-8,11-12,21-33H2,1-4H3,(H2,49,57)(H,50,55)(H,51,56)(H,52,58)(H,53,59)(H,54,60)(H,61,62)/t37-,38-,39-,40-,41-/m0/s1. The number of rotatable bonds is 37. The Bertz CT molecular complexity index is 1740. The van der Waals surface area contributed by atoms with Crippen molar-refractivity contribution in [3.63, 3.8) is 0 Å². The van der Waals surface area contributed by atoms with Crippen LogP contribution < -0.4 is 32.3 Å². The van der Waals surface area contributed by atoms with E-state index in [0.29, 0.717) is 57.2 Å². The number of carboxylic acid groups (broad SMARTS) is 1. The summed E-state index contributed by atoms with van der Waals surface area (Å²) in [6.07, 6.45) is 6.18. The molecule has 5 atom stereocenters. The zero-order valence-corrected chi connectivity index (χ0v) is 40.8. The first-order valence-corrected chi connectivity index (χ1v) is 25.5. The Hall–Kier alpha value is -4.65. The highest BCUT2D eigenvalue weighted by Gasteiger charge is 2.30. The number of benzene rings is 2. The minimum atomic E-state index is -1.16. The lowest BCUT2D eigenvalue weighted by atomic mass is 10.0. The van der Waals surface area contributed by atoms with E-state index < -0.39 is 59.8 Å². The van der Waals surface area contributed by atoms with Crippen LogP contribution >= 0.6 is 23.5 Å². The number of thioether (sulfide) groups is 2. The van der Waals surface area contributed by atoms with E-state index in [1.165, 1.54) is 23.5 Å². The van der Waals surface area contributed by atoms with Gasteiger partial charge in [-0.15, -0.1) is 0 Å². The molecule has 2 rings (SSSR count). The van der Waals surface area contributed by atoms with Crippen molar-refractivity contribution in [2.75, 3.05) is 49.4 Å². The number of ether oxygens (including phenoxy) is 2. The first kappa shape index (κ1) is 57.5. The number of aliphatic carboxylic acids is 1. The molecular formula is C48H74N6O10S2. The number of hydrogen-bond donors (Lipinski definition) is 7. The number of primary amides is 1. The van der Waals surface area contributed by atoms with Gasteiger partial charge in [0.1, 0.15) is 30.2 Å². The molecule has 66 heavy (non-hydrogen) atoms. The van der Waals surface area contributed by atoms with Crippen LogP contribution in [0, 0.1) is 5.92 Å². The van der Waals surface area contributed by atoms with Crippen LogP contribution in [0.15, 0.2) is 60.7 Å². The quantitative estimate of drug-likeness (QED) is 0.0472. The number of nitrogens with two attached hydrogens (primary N) is 1. The normalized spacial score (nSPS) is 13.4. The second-order valence-electron chi connectivity index (χ2n) is 16.5. The minimum Gasteiger partial charge on any atom is -0.480 e. The van der Waals surface area contributed by atoms with Gasteiger partial charge in [0.2, 0.25) is 35.4 Å². The lowest BCUT2D eigenvalue weighted by Crippen LogP contribution is -2.57. The summed E-state index contributed by atoms with van der Waals surface area (Å²) in [4.78, 5) is 90.4. The maximum absolute atomic E-state index is 13.7. The van der Waals surface area contributed by atoms with Crippen LogP contribution in [0.1, 0.15) is 96.6 Å². The smallest absolute Gasteiger partial charge is 0.326 e. The number of carbonyl (C=O) groups excluding carboxylic acids is 6. The van der Waals surface area contributed by atoms with Crippen LogP contribution in [0.25, 0.3) is 0 Å². The van der Waals surface area contributed by atoms with E-state index in [2.05, 4.69) is 26.6 Å². The fraction of sp³-hybridized carbons (Fsp3) is 0.604. The number of carboxylic acids is 1. The van der Waals surface area contributed by atoms with Crippen LogP contribution in [0.2, 0.25) is 0 Å². The molecule has 0 spiro atoms. The van der Waals surface area contributed by atoms with Gasteiger partial charge in [-0.25, -0.2) is 4.79 Å². The van der Waals surface area contributed by atoms with Crippen LogP contribution in [0.4, 0.5) is 0 Å². The predicted octanol–water partition coefficient (Wildman–Crippen LogP) is 4.17. The van der Waals surface area contributed by atoms with Crippen molar-refractivity contribution in [2.24, 2.45) is 11.7 Å². The molecule has 0 aliphatic heterocycles. The Morgan fingerprint density at radius 2 is 0.970 bits per heavy atom. The summed E-state index contributed by atoms with van der Waals surface area (Å²) in [6, 6.07) is 13.2. The van der Waals surface area contributed by atoms with Crippen LogP contribution in [0.3, 0.4) is 0 Å². The highest BCUT2D eigenvalue weighted by Crippen LogP contribution is 2.12. The molecule has 2 aromatic rings. The molecule has 6 amide bonds. The topological polar surface area (TPSA) is 244 Å². The monoisotopic (exact) mass is 958 g/mol. The van der Waals surface area contributed by atoms with Gasteiger partial charge in [-0.2, -0.15) is 23.5 Å². The molecule has 18 heteroatoms. The van der Waals surface area contributed by atoms with Gasteiger partial charge in [-0.1, -0.05) is 114 Å². The average molecular weight is 959 g/mol. The molecule has 0 heterocycles. The SMILES string of the molecule is CCCCCC(=O)N[C@@H](CSCCOCCOCCSC[C@H](NC(=O)CCCCC)C(=O)N[C@@H](CC(C)C)C(=O)N[C@@H](Cc1ccccc1)C(N)=O)C(=O)N[C@@H](Cc1ccccc1)C(=O)O. The fourth-order valence-electron chi connectivity index (χ4n) is 6.57. The Morgan fingerprint density at radius 1 is 0.561 bits per heavy atom. The average Bonchev–Trinajstić information content (AvgIpc) is 3.28. The van der Waals surface area contributed by atoms with Crippen molar-refractivity contribution in [2.45, 2.75) is 129 Å². The Balaban J connectivity index is 1.85. The molecule has 0 aliphatic carbocycles. The highest BCUT2D eigenvalue weighted by molar-refractivity contribution is 7.99. The molecule has 2 aromatic carbocycles. The van der Waals surface area contributed by atoms with Crippen molar-refractivity contribution >= 4 is 64.9 Å². The van der Waals surface area contributed by atoms with Crippen LogP contribution in [-0.2, 0) is 55.9 Å². The summed E-state index contributed by atoms with van der Waals surface area (Å²) in [7, 11) is 0. The Labute approximate surface area is 399 Å². The van der Waals surface area contributed by atoms with Crippen molar-refractivity contribution in [1.29, 1.82) is 0 Å². The van der Waals surface area contributed by atoms with Crippen molar-refractivity contribution < 1.29 is 48.1 Å². The Morgan fingerprint density at radius 3 is 1.38 bits per heavy atom. The summed E-state index contributed by atoms with van der Waals surface area (Å²) in [5.41, 5.74) is 7.24. The molecular weight excluding hydrogens is 885 g/mol. The number of nitrogens with one attached hydrogen (secondary N) is 5. The second-order valence-corrected chi connectivity index (χ2v) is 18.8. The van der Waals surface area contributed by atoms with Gasteiger partial charge in [0.15, 0.2) is 0 Å². The van der Waals surface area contributed by atoms with Crippen molar-refractivity contribution in [3.05, 3.63) is 71.8 Å². The third-order valence-corrected chi connectivity index (χ3v) is 12.2. The molecule has 0 saturated carbocycles. The second kappa shape index (κ2) is 34.6. The van der Waals surface area contributed by atoms with E-state index in [9.17, 15) is 38.7 Å². The van der Waals surface area contributed by atoms with Gasteiger partial charge in [0, 0.05) is 48.7 Å². The van der Waals surface area contributed by atoms with Gasteiger partial charge >= 0.3 is 5.97 Å². The van der Waals surface area contributed by atoms with E-state index in [-0.39, 0.29) is 54.9 Å². The largest absolute Gasteiger partial charge is 0.480 e. The summed E-state index contributed by atoms with van der Waals surface area (Å²) < 4.78 is 11.5. The van der Waals surface area contributed by atoms with Gasteiger partial charge in [-0.3, -0.25) is 28.8 Å². The van der Waals surface area contributed by atoms with Crippen molar-refractivity contribution in [3.8, 4) is 0 Å². The van der Waals surface area contributed by atoms with E-state index in [1.54, 1.807) is 24.3 Å². The number of hydrogen-bond acceptors (Lipinski definition) is 11. The molecule has 8 N–H and O–H groups in total. The molecule has 0 fully saturated rings. The minimum absolute atomic E-state index is 0.0223. The van der Waals surface area contributed by atoms with Gasteiger partial charge < -0.3 is 46.9 Å². The maximum atomic E-state index is 13.7. The molecule has 0 bridgehead atoms. The third-order valence-electron chi connectivity index (χ3n) is 10.2. The van der Waals surface area contributed by atoms with Crippen LogP contribution in [0.5, 0.6) is 0 Å². The maximum Gasteiger partial charge on any atom is 0.326 e. The third kappa shape index (κ3) is 25.9. The molecule has 0 aromatic heterocycles. The molecule has 0 radical (unpaired) electrons. The Kier molecular flexibility index (Phi) is 30.2. The molecule has 0 unspecified atom stereocenters. The number of amides is 6. The number of unbranched alkanes of at least 4 members (excludes halogenated alkanes) is 4. The summed E-state index contributed by atoms with van der Waals surface area (Å²) in [5.74, 6) is -2.46. The molecule has 0 aliphatic rings. The number of carbonyl (C=O) groups is 7. The fourth-order valence-corrected chi connectivity index (χ4v) is 8.32. The molecule has 0 saturated heterocycles. The lowest BCUT2D eigenvalue weighted by Gasteiger charge is -2.26. The highest BCUT2D eigenvalue weighted by atomic mass is 32.2. The van der Waals surface area contributed by atoms with E-state index >= 15 is 0 Å². The van der Waals surface area contributed by atoms with Crippen LogP contribution in [-0.4, -0.2) is 126 Å². The van der Waals surface area contributed by atoms with E-state index in [4.69, 9.17) is 15.2 Å². The van der Waals surface area contributed by atoms with Crippen molar-refractivity contribution in [1.82, 2.24) is 26.6 Å². The van der Waals surface area contributed by atoms with E-state index in [0.717, 1.165) is 36.8 Å². The summed E-state index contributed by atoms with van der Waals surface area (Å²) in [6.45, 7) is 9.23. The summed E-state index contributed by atoms with van der Waals surface area (Å²) >= 11 is 2.82. The zero-order valence-electron chi connectivity index (χ0n) is 39.2. The first-order chi connectivity index (χ1) is 31.7. The lowest BCUT2D eigenvalue weighted by molar-refractivity contribution is -0.142. The first-order valence-electron chi connectivity index (χ1n) is 23.1. The molecule has 368 valence electrons. The van der Waals surface area contributed by atoms with E-state index in [1.807, 2.05) is 64.1 Å². The molecule has 16 nitrogen and oxygen atoms in total. The predicted molar refractivity (Wildman–Crippen MR) is 261 cm³/mol. The van der Waals surface area contributed by atoms with Gasteiger partial charge in [0.25, 0.3) is 0 Å². The summed E-state index contributed by atoms with van der Waals surface area (Å²) in [5, 5.41) is 23.6. The zero-order chi connectivity index (χ0) is 48.5. The van der Waals surface area contributed by atoms with Gasteiger partial charge in [-0.05, 0) is 36.3 Å². The van der Waals surface area contributed by atoms with Gasteiger partial charge in [0.05, 0.1) is 26.4 Å².